The molecule has 10 heteroatoms. The molecule has 0 spiro atoms. The van der Waals surface area contributed by atoms with Crippen molar-refractivity contribution < 1.29 is 14.3 Å². The highest BCUT2D eigenvalue weighted by Crippen LogP contribution is 2.32. The van der Waals surface area contributed by atoms with Crippen molar-refractivity contribution in [2.45, 2.75) is 19.0 Å². The number of carbonyl (C=O) groups excluding carboxylic acids is 2. The Labute approximate surface area is 201 Å². The van der Waals surface area contributed by atoms with E-state index in [1.54, 1.807) is 28.8 Å². The molecule has 35 heavy (non-hydrogen) atoms. The van der Waals surface area contributed by atoms with Crippen molar-refractivity contribution in [3.05, 3.63) is 58.9 Å². The Morgan fingerprint density at radius 3 is 2.97 bits per heavy atom. The second-order valence-corrected chi connectivity index (χ2v) is 8.25. The number of fused-ring (bicyclic) bond motifs is 2. The van der Waals surface area contributed by atoms with Gasteiger partial charge in [-0.15, -0.1) is 0 Å². The lowest BCUT2D eigenvalue weighted by molar-refractivity contribution is -0.125. The monoisotopic (exact) mass is 467 g/mol. The molecule has 3 N–H and O–H groups in total. The van der Waals surface area contributed by atoms with Gasteiger partial charge < -0.3 is 20.7 Å². The Hall–Kier alpha value is -4.83. The van der Waals surface area contributed by atoms with Crippen molar-refractivity contribution >= 4 is 28.5 Å². The molecule has 0 bridgehead atoms. The van der Waals surface area contributed by atoms with Gasteiger partial charge >= 0.3 is 0 Å². The van der Waals surface area contributed by atoms with E-state index in [0.717, 1.165) is 5.56 Å². The van der Waals surface area contributed by atoms with Crippen LogP contribution in [0.1, 0.15) is 45.2 Å². The standard InChI is InChI=1S/C25H21N7O3/c1-3-21(33)31-7-6-16(13-31)32-23-15(10-26)11-28-24(27)22(23)19(30-32)5-4-14-8-17-18(12-29-25(17)34)20(9-14)35-2/h3,8-9,11,16H,1,6-7,12-13H2,2H3,(H2,27,28)(H,29,34). The van der Waals surface area contributed by atoms with E-state index >= 15 is 0 Å². The number of benzene rings is 1. The van der Waals surface area contributed by atoms with Gasteiger partial charge in [0.1, 0.15) is 23.3 Å². The zero-order valence-electron chi connectivity index (χ0n) is 19.0. The molecule has 2 aliphatic rings. The average Bonchev–Trinajstić information content (AvgIpc) is 3.60. The summed E-state index contributed by atoms with van der Waals surface area (Å²) < 4.78 is 7.17. The van der Waals surface area contributed by atoms with E-state index in [-0.39, 0.29) is 23.7 Å². The summed E-state index contributed by atoms with van der Waals surface area (Å²) in [5.74, 6) is 6.55. The lowest BCUT2D eigenvalue weighted by Crippen LogP contribution is -2.27. The maximum Gasteiger partial charge on any atom is 0.252 e. The van der Waals surface area contributed by atoms with Gasteiger partial charge in [-0.2, -0.15) is 10.4 Å². The van der Waals surface area contributed by atoms with Gasteiger partial charge in [-0.3, -0.25) is 14.3 Å². The van der Waals surface area contributed by atoms with Crippen molar-refractivity contribution in [2.24, 2.45) is 0 Å². The number of nitrogens with one attached hydrogen (secondary N) is 1. The van der Waals surface area contributed by atoms with Crippen molar-refractivity contribution in [1.82, 2.24) is 25.0 Å². The molecule has 2 aliphatic heterocycles. The summed E-state index contributed by atoms with van der Waals surface area (Å²) in [5, 5.41) is 17.7. The van der Waals surface area contributed by atoms with Crippen LogP contribution in [-0.2, 0) is 11.3 Å². The number of anilines is 1. The first-order valence-electron chi connectivity index (χ1n) is 10.9. The minimum absolute atomic E-state index is 0.153. The molecule has 174 valence electrons. The smallest absolute Gasteiger partial charge is 0.252 e. The summed E-state index contributed by atoms with van der Waals surface area (Å²) in [7, 11) is 1.54. The molecule has 2 aromatic heterocycles. The highest BCUT2D eigenvalue weighted by Gasteiger charge is 2.30. The van der Waals surface area contributed by atoms with E-state index in [2.05, 4.69) is 34.8 Å². The lowest BCUT2D eigenvalue weighted by Gasteiger charge is -2.15. The molecule has 1 atom stereocenters. The molecule has 0 aliphatic carbocycles. The van der Waals surface area contributed by atoms with Crippen molar-refractivity contribution in [3.8, 4) is 23.7 Å². The van der Waals surface area contributed by atoms with Crippen molar-refractivity contribution in [3.63, 3.8) is 0 Å². The summed E-state index contributed by atoms with van der Waals surface area (Å²) in [6, 6.07) is 5.48. The Morgan fingerprint density at radius 2 is 2.23 bits per heavy atom. The third-order valence-corrected chi connectivity index (χ3v) is 6.29. The molecular weight excluding hydrogens is 446 g/mol. The number of nitrogen functional groups attached to an aromatic ring is 1. The number of pyridine rings is 1. The number of likely N-dealkylation sites (tertiary alicyclic amines) is 1. The predicted octanol–water partition coefficient (Wildman–Crippen LogP) is 1.50. The molecule has 0 saturated carbocycles. The molecule has 5 rings (SSSR count). The number of amides is 2. The number of rotatable bonds is 3. The van der Waals surface area contributed by atoms with Gasteiger partial charge in [-0.25, -0.2) is 4.98 Å². The minimum Gasteiger partial charge on any atom is -0.496 e. The quantitative estimate of drug-likeness (QED) is 0.439. The summed E-state index contributed by atoms with van der Waals surface area (Å²) >= 11 is 0. The van der Waals surface area contributed by atoms with E-state index in [4.69, 9.17) is 15.6 Å². The van der Waals surface area contributed by atoms with E-state index in [1.807, 2.05) is 0 Å². The molecule has 2 amide bonds. The van der Waals surface area contributed by atoms with Crippen LogP contribution in [0.25, 0.3) is 10.9 Å². The van der Waals surface area contributed by atoms with Gasteiger partial charge in [-0.05, 0) is 30.6 Å². The van der Waals surface area contributed by atoms with Crippen LogP contribution in [0.4, 0.5) is 5.82 Å². The number of nitriles is 1. The number of aromatic nitrogens is 3. The van der Waals surface area contributed by atoms with Crippen LogP contribution in [0.3, 0.4) is 0 Å². The topological polar surface area (TPSA) is 139 Å². The Kier molecular flexibility index (Phi) is 5.34. The Bertz CT molecular complexity index is 1520. The largest absolute Gasteiger partial charge is 0.496 e. The van der Waals surface area contributed by atoms with Crippen LogP contribution in [0.15, 0.2) is 31.0 Å². The van der Waals surface area contributed by atoms with E-state index < -0.39 is 0 Å². The summed E-state index contributed by atoms with van der Waals surface area (Å²) in [6.45, 7) is 4.94. The first-order chi connectivity index (χ1) is 16.9. The average molecular weight is 467 g/mol. The van der Waals surface area contributed by atoms with Gasteiger partial charge in [0.2, 0.25) is 5.91 Å². The zero-order valence-corrected chi connectivity index (χ0v) is 19.0. The second kappa shape index (κ2) is 8.50. The maximum absolute atomic E-state index is 12.2. The van der Waals surface area contributed by atoms with Crippen molar-refractivity contribution in [1.29, 1.82) is 5.26 Å². The van der Waals surface area contributed by atoms with Gasteiger partial charge in [0.25, 0.3) is 5.91 Å². The molecule has 0 radical (unpaired) electrons. The highest BCUT2D eigenvalue weighted by molar-refractivity contribution is 6.00. The fourth-order valence-corrected chi connectivity index (χ4v) is 4.58. The van der Waals surface area contributed by atoms with E-state index in [9.17, 15) is 14.9 Å². The summed E-state index contributed by atoms with van der Waals surface area (Å²) in [5.41, 5.74) is 9.31. The molecule has 1 aromatic carbocycles. The van der Waals surface area contributed by atoms with Crippen LogP contribution in [0.5, 0.6) is 5.75 Å². The van der Waals surface area contributed by atoms with Crippen LogP contribution in [-0.4, -0.2) is 51.7 Å². The molecular formula is C25H21N7O3. The highest BCUT2D eigenvalue weighted by atomic mass is 16.5. The van der Waals surface area contributed by atoms with Gasteiger partial charge in [-0.1, -0.05) is 12.5 Å². The van der Waals surface area contributed by atoms with Gasteiger partial charge in [0.15, 0.2) is 0 Å². The fourth-order valence-electron chi connectivity index (χ4n) is 4.58. The van der Waals surface area contributed by atoms with Crippen LogP contribution >= 0.6 is 0 Å². The molecule has 4 heterocycles. The number of hydrogen-bond donors (Lipinski definition) is 2. The molecule has 10 nitrogen and oxygen atoms in total. The first-order valence-corrected chi connectivity index (χ1v) is 10.9. The van der Waals surface area contributed by atoms with E-state index in [1.165, 1.54) is 12.3 Å². The third kappa shape index (κ3) is 3.62. The number of methoxy groups -OCH3 is 1. The Morgan fingerprint density at radius 1 is 1.40 bits per heavy atom. The maximum atomic E-state index is 12.2. The van der Waals surface area contributed by atoms with Crippen molar-refractivity contribution in [2.75, 3.05) is 25.9 Å². The normalized spacial score (nSPS) is 16.3. The Balaban J connectivity index is 1.62. The predicted molar refractivity (Wildman–Crippen MR) is 127 cm³/mol. The van der Waals surface area contributed by atoms with Gasteiger partial charge in [0, 0.05) is 42.5 Å². The van der Waals surface area contributed by atoms with E-state index in [0.29, 0.717) is 65.1 Å². The first kappa shape index (κ1) is 22.0. The van der Waals surface area contributed by atoms with Crippen LogP contribution in [0.2, 0.25) is 0 Å². The summed E-state index contributed by atoms with van der Waals surface area (Å²) in [4.78, 5) is 30.1. The SMILES string of the molecule is C=CC(=O)N1CCC(n2nc(C#Cc3cc(OC)c4c(c3)C(=O)NC4)c3c(N)ncc(C#N)c32)C1. The number of nitrogens with two attached hydrogens (primary N) is 1. The van der Waals surface area contributed by atoms with Gasteiger partial charge in [0.05, 0.1) is 29.6 Å². The van der Waals surface area contributed by atoms with Crippen LogP contribution < -0.4 is 15.8 Å². The number of nitrogens with zero attached hydrogens (tertiary/aromatic N) is 5. The third-order valence-electron chi connectivity index (χ3n) is 6.29. The zero-order chi connectivity index (χ0) is 24.7. The second-order valence-electron chi connectivity index (χ2n) is 8.25. The number of ether oxygens (including phenoxy) is 1. The number of carbonyl (C=O) groups is 2. The molecule has 1 saturated heterocycles. The van der Waals surface area contributed by atoms with Crippen LogP contribution in [0, 0.1) is 23.2 Å². The molecule has 1 unspecified atom stereocenters. The fraction of sp³-hybridized carbons (Fsp3) is 0.240. The summed E-state index contributed by atoms with van der Waals surface area (Å²) in [6.07, 6.45) is 3.36. The molecule has 3 aromatic rings. The number of hydrogen-bond acceptors (Lipinski definition) is 7. The minimum atomic E-state index is -0.177. The lowest BCUT2D eigenvalue weighted by atomic mass is 10.0. The molecule has 1 fully saturated rings.